The first kappa shape index (κ1) is 27.7. The third kappa shape index (κ3) is 3.65. The van der Waals surface area contributed by atoms with Crippen LogP contribution in [0.15, 0.2) is 170 Å². The second kappa shape index (κ2) is 10.3. The van der Waals surface area contributed by atoms with Crippen molar-refractivity contribution in [3.63, 3.8) is 0 Å². The van der Waals surface area contributed by atoms with Gasteiger partial charge in [-0.05, 0) is 81.6 Å². The summed E-state index contributed by atoms with van der Waals surface area (Å²) < 4.78 is 4.73. The lowest BCUT2D eigenvalue weighted by Gasteiger charge is -2.16. The van der Waals surface area contributed by atoms with E-state index in [-0.39, 0.29) is 0 Å². The standard InChI is InChI=1S/C48H28N4/c1-2-13-31(14-3-1)51-40-22-9-6-17-34(40)35-26-24-30(28-43(35)51)47-48(50-39-21-8-7-20-38(39)49-47)52-41-23-11-19-37-33-16-5-4-15-32(33)36-18-10-12-29-25-27-42(52)46(44(29)36)45(37)41/h1-28H. The molecule has 52 heavy (non-hydrogen) atoms. The van der Waals surface area contributed by atoms with Gasteiger partial charge in [-0.25, -0.2) is 9.97 Å². The summed E-state index contributed by atoms with van der Waals surface area (Å²) in [4.78, 5) is 10.9. The molecule has 4 nitrogen and oxygen atoms in total. The van der Waals surface area contributed by atoms with Crippen molar-refractivity contribution in [3.8, 4) is 45.0 Å². The van der Waals surface area contributed by atoms with Crippen molar-refractivity contribution in [1.29, 1.82) is 0 Å². The minimum atomic E-state index is 0.822. The van der Waals surface area contributed by atoms with Gasteiger partial charge in [-0.2, -0.15) is 0 Å². The van der Waals surface area contributed by atoms with Crippen LogP contribution in [-0.2, 0) is 0 Å². The highest BCUT2D eigenvalue weighted by atomic mass is 15.1. The highest BCUT2D eigenvalue weighted by Gasteiger charge is 2.27. The Bertz CT molecular complexity index is 3290. The zero-order valence-corrected chi connectivity index (χ0v) is 28.0. The fourth-order valence-electron chi connectivity index (χ4n) is 8.87. The van der Waals surface area contributed by atoms with Crippen molar-refractivity contribution >= 4 is 65.4 Å². The number of hydrogen-bond acceptors (Lipinski definition) is 2. The molecule has 240 valence electrons. The molecule has 11 aromatic rings. The zero-order chi connectivity index (χ0) is 33.9. The van der Waals surface area contributed by atoms with E-state index in [9.17, 15) is 0 Å². The van der Waals surface area contributed by atoms with E-state index in [1.165, 1.54) is 60.1 Å². The maximum absolute atomic E-state index is 5.49. The molecule has 0 aliphatic heterocycles. The molecule has 0 radical (unpaired) electrons. The average Bonchev–Trinajstić information content (AvgIpc) is 3.69. The molecule has 1 aliphatic rings. The van der Waals surface area contributed by atoms with Crippen LogP contribution in [0.25, 0.3) is 110 Å². The minimum absolute atomic E-state index is 0.822. The Morgan fingerprint density at radius 3 is 1.85 bits per heavy atom. The van der Waals surface area contributed by atoms with E-state index in [1.54, 1.807) is 0 Å². The molecule has 4 heteroatoms. The Hall–Kier alpha value is -7.04. The van der Waals surface area contributed by atoms with Crippen LogP contribution in [0.3, 0.4) is 0 Å². The van der Waals surface area contributed by atoms with E-state index >= 15 is 0 Å². The topological polar surface area (TPSA) is 35.6 Å². The lowest BCUT2D eigenvalue weighted by Crippen LogP contribution is -2.04. The van der Waals surface area contributed by atoms with E-state index in [0.29, 0.717) is 0 Å². The number of para-hydroxylation sites is 4. The fraction of sp³-hybridized carbons (Fsp3) is 0. The average molecular weight is 661 g/mol. The van der Waals surface area contributed by atoms with E-state index in [1.807, 2.05) is 12.1 Å². The summed E-state index contributed by atoms with van der Waals surface area (Å²) >= 11 is 0. The molecule has 0 N–H and O–H groups in total. The van der Waals surface area contributed by atoms with Crippen LogP contribution in [0.4, 0.5) is 0 Å². The van der Waals surface area contributed by atoms with Gasteiger partial charge in [0.25, 0.3) is 0 Å². The van der Waals surface area contributed by atoms with Crippen molar-refractivity contribution in [3.05, 3.63) is 170 Å². The summed E-state index contributed by atoms with van der Waals surface area (Å²) in [5.74, 6) is 0.822. The first-order valence-electron chi connectivity index (χ1n) is 17.8. The number of rotatable bonds is 3. The van der Waals surface area contributed by atoms with Gasteiger partial charge >= 0.3 is 0 Å². The van der Waals surface area contributed by atoms with Crippen LogP contribution < -0.4 is 0 Å². The molecule has 1 aliphatic carbocycles. The Labute approximate surface area is 298 Å². The molecule has 12 rings (SSSR count). The summed E-state index contributed by atoms with van der Waals surface area (Å²) in [7, 11) is 0. The highest BCUT2D eigenvalue weighted by molar-refractivity contribution is 6.30. The van der Waals surface area contributed by atoms with Crippen LogP contribution >= 0.6 is 0 Å². The van der Waals surface area contributed by atoms with Gasteiger partial charge in [-0.1, -0.05) is 121 Å². The predicted molar refractivity (Wildman–Crippen MR) is 216 cm³/mol. The van der Waals surface area contributed by atoms with Gasteiger partial charge in [0.1, 0.15) is 5.69 Å². The molecule has 0 unspecified atom stereocenters. The lowest BCUT2D eigenvalue weighted by atomic mass is 9.93. The smallest absolute Gasteiger partial charge is 0.165 e. The van der Waals surface area contributed by atoms with Crippen molar-refractivity contribution < 1.29 is 0 Å². The maximum atomic E-state index is 5.49. The number of nitrogens with zero attached hydrogens (tertiary/aromatic N) is 4. The third-order valence-electron chi connectivity index (χ3n) is 11.0. The van der Waals surface area contributed by atoms with Crippen LogP contribution in [-0.4, -0.2) is 19.1 Å². The van der Waals surface area contributed by atoms with E-state index in [2.05, 4.69) is 167 Å². The first-order chi connectivity index (χ1) is 25.8. The van der Waals surface area contributed by atoms with Gasteiger partial charge < -0.3 is 4.57 Å². The van der Waals surface area contributed by atoms with Crippen molar-refractivity contribution in [2.24, 2.45) is 0 Å². The van der Waals surface area contributed by atoms with Crippen LogP contribution in [0, 0.1) is 0 Å². The van der Waals surface area contributed by atoms with E-state index in [4.69, 9.17) is 9.97 Å². The Morgan fingerprint density at radius 2 is 1.00 bits per heavy atom. The monoisotopic (exact) mass is 660 g/mol. The fourth-order valence-corrected chi connectivity index (χ4v) is 8.87. The summed E-state index contributed by atoms with van der Waals surface area (Å²) in [6.45, 7) is 0. The molecule has 0 bridgehead atoms. The molecule has 0 atom stereocenters. The number of fused-ring (bicyclic) bond motifs is 7. The molecule has 3 aromatic heterocycles. The van der Waals surface area contributed by atoms with Gasteiger partial charge in [0.05, 0.1) is 33.1 Å². The van der Waals surface area contributed by atoms with Gasteiger partial charge in [0.2, 0.25) is 0 Å². The van der Waals surface area contributed by atoms with Crippen molar-refractivity contribution in [2.75, 3.05) is 0 Å². The van der Waals surface area contributed by atoms with Crippen molar-refractivity contribution in [2.45, 2.75) is 0 Å². The normalized spacial score (nSPS) is 12.2. The van der Waals surface area contributed by atoms with Crippen LogP contribution in [0.5, 0.6) is 0 Å². The van der Waals surface area contributed by atoms with Crippen LogP contribution in [0.2, 0.25) is 0 Å². The molecular formula is C48H28N4. The zero-order valence-electron chi connectivity index (χ0n) is 28.0. The van der Waals surface area contributed by atoms with Crippen molar-refractivity contribution in [1.82, 2.24) is 19.1 Å². The largest absolute Gasteiger partial charge is 0.309 e. The summed E-state index contributed by atoms with van der Waals surface area (Å²) in [6.07, 6.45) is 0. The lowest BCUT2D eigenvalue weighted by molar-refractivity contribution is 1.08. The number of aromatic nitrogens is 4. The minimum Gasteiger partial charge on any atom is -0.309 e. The second-order valence-corrected chi connectivity index (χ2v) is 13.7. The SMILES string of the molecule is c1ccc(-n2c3ccccc3c3ccc(-c4nc5ccccc5nc4-n4c5cccc6c5c5c7c(cccc7ccc54)-c4ccccc4-6)cc32)cc1. The molecule has 0 amide bonds. The Kier molecular flexibility index (Phi) is 5.47. The molecule has 0 spiro atoms. The first-order valence-corrected chi connectivity index (χ1v) is 17.8. The molecule has 0 fully saturated rings. The van der Waals surface area contributed by atoms with E-state index < -0.39 is 0 Å². The predicted octanol–water partition coefficient (Wildman–Crippen LogP) is 12.3. The quantitative estimate of drug-likeness (QED) is 0.189. The molecule has 3 heterocycles. The highest BCUT2D eigenvalue weighted by Crippen LogP contribution is 2.50. The van der Waals surface area contributed by atoms with Crippen LogP contribution in [0.1, 0.15) is 0 Å². The molecular weight excluding hydrogens is 633 g/mol. The maximum Gasteiger partial charge on any atom is 0.165 e. The summed E-state index contributed by atoms with van der Waals surface area (Å²) in [5.41, 5.74) is 14.3. The number of benzene rings is 8. The van der Waals surface area contributed by atoms with Gasteiger partial charge in [0.15, 0.2) is 5.82 Å². The summed E-state index contributed by atoms with van der Waals surface area (Å²) in [5, 5.41) is 7.46. The van der Waals surface area contributed by atoms with Gasteiger partial charge in [0, 0.05) is 32.8 Å². The molecule has 8 aromatic carbocycles. The van der Waals surface area contributed by atoms with Gasteiger partial charge in [-0.3, -0.25) is 4.57 Å². The third-order valence-corrected chi connectivity index (χ3v) is 11.0. The molecule has 0 saturated heterocycles. The second-order valence-electron chi connectivity index (χ2n) is 13.7. The van der Waals surface area contributed by atoms with E-state index in [0.717, 1.165) is 50.3 Å². The Balaban J connectivity index is 1.23. The van der Waals surface area contributed by atoms with Gasteiger partial charge in [-0.15, -0.1) is 0 Å². The number of hydrogen-bond donors (Lipinski definition) is 0. The Morgan fingerprint density at radius 1 is 0.365 bits per heavy atom. The summed E-state index contributed by atoms with van der Waals surface area (Å²) in [6, 6.07) is 61.1. The molecule has 0 saturated carbocycles.